The van der Waals surface area contributed by atoms with Gasteiger partial charge in [0, 0.05) is 39.2 Å². The molecule has 2 heterocycles. The van der Waals surface area contributed by atoms with Gasteiger partial charge in [0.2, 0.25) is 0 Å². The van der Waals surface area contributed by atoms with Gasteiger partial charge in [-0.25, -0.2) is 0 Å². The summed E-state index contributed by atoms with van der Waals surface area (Å²) in [5.41, 5.74) is -0.768. The lowest BCUT2D eigenvalue weighted by atomic mass is 9.79. The molecule has 0 spiro atoms. The average Bonchev–Trinajstić information content (AvgIpc) is 2.37. The van der Waals surface area contributed by atoms with Gasteiger partial charge in [0.05, 0.1) is 12.7 Å². The molecule has 104 valence electrons. The summed E-state index contributed by atoms with van der Waals surface area (Å²) in [5.74, 6) is -0.110. The first-order valence-electron chi connectivity index (χ1n) is 6.68. The predicted molar refractivity (Wildman–Crippen MR) is 68.5 cm³/mol. The van der Waals surface area contributed by atoms with Crippen LogP contribution < -0.4 is 5.32 Å². The van der Waals surface area contributed by atoms with Crippen LogP contribution in [0, 0.1) is 0 Å². The van der Waals surface area contributed by atoms with Crippen molar-refractivity contribution in [1.29, 1.82) is 0 Å². The molecule has 18 heavy (non-hydrogen) atoms. The van der Waals surface area contributed by atoms with Gasteiger partial charge in [-0.3, -0.25) is 9.69 Å². The Kier molecular flexibility index (Phi) is 3.94. The van der Waals surface area contributed by atoms with Crippen LogP contribution in [-0.2, 0) is 14.3 Å². The predicted octanol–water partition coefficient (Wildman–Crippen LogP) is 0.392. The molecule has 1 unspecified atom stereocenters. The lowest BCUT2D eigenvalue weighted by Crippen LogP contribution is -2.65. The molecule has 2 rings (SSSR count). The molecule has 5 heteroatoms. The second kappa shape index (κ2) is 5.15. The molecular formula is C13H24N2O3. The van der Waals surface area contributed by atoms with Crippen molar-refractivity contribution in [2.45, 2.75) is 37.8 Å². The van der Waals surface area contributed by atoms with E-state index in [0.29, 0.717) is 13.0 Å². The maximum absolute atomic E-state index is 12.3. The Morgan fingerprint density at radius 2 is 2.00 bits per heavy atom. The third-order valence-electron chi connectivity index (χ3n) is 4.01. The highest BCUT2D eigenvalue weighted by atomic mass is 16.5. The third kappa shape index (κ3) is 2.53. The third-order valence-corrected chi connectivity index (χ3v) is 4.01. The van der Waals surface area contributed by atoms with Crippen molar-refractivity contribution >= 4 is 5.97 Å². The maximum atomic E-state index is 12.3. The Labute approximate surface area is 109 Å². The van der Waals surface area contributed by atoms with E-state index in [9.17, 15) is 4.79 Å². The molecule has 0 bridgehead atoms. The fourth-order valence-electron chi connectivity index (χ4n) is 3.20. The first-order valence-corrected chi connectivity index (χ1v) is 6.68. The van der Waals surface area contributed by atoms with E-state index in [0.717, 1.165) is 32.6 Å². The summed E-state index contributed by atoms with van der Waals surface area (Å²) in [6, 6.07) is 0. The number of hydrogen-bond acceptors (Lipinski definition) is 5. The minimum atomic E-state index is -0.501. The van der Waals surface area contributed by atoms with E-state index in [1.165, 1.54) is 7.11 Å². The number of nitrogens with one attached hydrogen (secondary N) is 1. The van der Waals surface area contributed by atoms with Crippen LogP contribution in [-0.4, -0.2) is 61.9 Å². The standard InChI is InChI=1S/C13H24N2O3/c1-12(2)10-13(4-9-18-12,11(16)17-3)15-7-5-14-6-8-15/h14H,4-10H2,1-3H3. The van der Waals surface area contributed by atoms with Crippen molar-refractivity contribution < 1.29 is 14.3 Å². The lowest BCUT2D eigenvalue weighted by molar-refractivity contribution is -0.176. The molecule has 0 aromatic heterocycles. The maximum Gasteiger partial charge on any atom is 0.326 e. The van der Waals surface area contributed by atoms with Crippen molar-refractivity contribution in [2.75, 3.05) is 39.9 Å². The van der Waals surface area contributed by atoms with Crippen LogP contribution in [0.2, 0.25) is 0 Å². The fraction of sp³-hybridized carbons (Fsp3) is 0.923. The Hall–Kier alpha value is -0.650. The van der Waals surface area contributed by atoms with Gasteiger partial charge in [-0.05, 0) is 20.3 Å². The van der Waals surface area contributed by atoms with Crippen molar-refractivity contribution in [1.82, 2.24) is 10.2 Å². The van der Waals surface area contributed by atoms with Gasteiger partial charge >= 0.3 is 5.97 Å². The normalized spacial score (nSPS) is 33.1. The molecule has 0 saturated carbocycles. The van der Waals surface area contributed by atoms with Crippen LogP contribution in [0.5, 0.6) is 0 Å². The van der Waals surface area contributed by atoms with Crippen LogP contribution in [0.1, 0.15) is 26.7 Å². The Morgan fingerprint density at radius 1 is 1.33 bits per heavy atom. The van der Waals surface area contributed by atoms with Crippen molar-refractivity contribution in [3.8, 4) is 0 Å². The number of esters is 1. The molecule has 2 fully saturated rings. The van der Waals surface area contributed by atoms with Gasteiger partial charge in [-0.1, -0.05) is 0 Å². The zero-order chi connectivity index (χ0) is 13.2. The molecule has 0 amide bonds. The number of carbonyl (C=O) groups is 1. The highest BCUT2D eigenvalue weighted by Crippen LogP contribution is 2.37. The number of ether oxygens (including phenoxy) is 2. The summed E-state index contributed by atoms with van der Waals surface area (Å²) in [7, 11) is 1.48. The quantitative estimate of drug-likeness (QED) is 0.724. The zero-order valence-electron chi connectivity index (χ0n) is 11.6. The minimum absolute atomic E-state index is 0.110. The van der Waals surface area contributed by atoms with Crippen molar-refractivity contribution in [3.05, 3.63) is 0 Å². The molecule has 2 saturated heterocycles. The molecule has 1 atom stereocenters. The molecule has 0 aliphatic carbocycles. The Morgan fingerprint density at radius 3 is 2.56 bits per heavy atom. The highest BCUT2D eigenvalue weighted by Gasteiger charge is 2.51. The molecule has 5 nitrogen and oxygen atoms in total. The van der Waals surface area contributed by atoms with E-state index in [-0.39, 0.29) is 11.6 Å². The van der Waals surface area contributed by atoms with Gasteiger partial charge < -0.3 is 14.8 Å². The summed E-state index contributed by atoms with van der Waals surface area (Å²) in [6.07, 6.45) is 1.43. The van der Waals surface area contributed by atoms with Crippen LogP contribution in [0.25, 0.3) is 0 Å². The fourth-order valence-corrected chi connectivity index (χ4v) is 3.20. The summed E-state index contributed by atoms with van der Waals surface area (Å²) >= 11 is 0. The molecule has 1 N–H and O–H groups in total. The van der Waals surface area contributed by atoms with Crippen LogP contribution >= 0.6 is 0 Å². The molecule has 0 aromatic carbocycles. The highest BCUT2D eigenvalue weighted by molar-refractivity contribution is 5.81. The number of hydrogen-bond donors (Lipinski definition) is 1. The zero-order valence-corrected chi connectivity index (χ0v) is 11.6. The second-order valence-electron chi connectivity index (χ2n) is 5.80. The summed E-state index contributed by atoms with van der Waals surface area (Å²) < 4.78 is 10.8. The molecule has 2 aliphatic heterocycles. The van der Waals surface area contributed by atoms with Crippen molar-refractivity contribution in [3.63, 3.8) is 0 Å². The van der Waals surface area contributed by atoms with Crippen LogP contribution in [0.15, 0.2) is 0 Å². The van der Waals surface area contributed by atoms with E-state index in [1.807, 2.05) is 13.8 Å². The van der Waals surface area contributed by atoms with Gasteiger partial charge in [0.25, 0.3) is 0 Å². The van der Waals surface area contributed by atoms with E-state index in [4.69, 9.17) is 9.47 Å². The summed E-state index contributed by atoms with van der Waals surface area (Å²) in [6.45, 7) is 8.36. The van der Waals surface area contributed by atoms with Gasteiger partial charge in [-0.15, -0.1) is 0 Å². The number of rotatable bonds is 2. The first-order chi connectivity index (χ1) is 8.50. The molecule has 0 aromatic rings. The molecule has 2 aliphatic rings. The molecule has 0 radical (unpaired) electrons. The summed E-state index contributed by atoms with van der Waals surface area (Å²) in [5, 5.41) is 3.32. The van der Waals surface area contributed by atoms with Gasteiger partial charge in [0.1, 0.15) is 5.54 Å². The van der Waals surface area contributed by atoms with Gasteiger partial charge in [-0.2, -0.15) is 0 Å². The number of carbonyl (C=O) groups excluding carboxylic acids is 1. The lowest BCUT2D eigenvalue weighted by Gasteiger charge is -2.50. The second-order valence-corrected chi connectivity index (χ2v) is 5.80. The number of methoxy groups -OCH3 is 1. The Balaban J connectivity index is 2.24. The molecular weight excluding hydrogens is 232 g/mol. The SMILES string of the molecule is COC(=O)C1(N2CCNCC2)CCOC(C)(C)C1. The minimum Gasteiger partial charge on any atom is -0.468 e. The van der Waals surface area contributed by atoms with Crippen LogP contribution in [0.3, 0.4) is 0 Å². The summed E-state index contributed by atoms with van der Waals surface area (Å²) in [4.78, 5) is 14.6. The number of nitrogens with zero attached hydrogens (tertiary/aromatic N) is 1. The van der Waals surface area contributed by atoms with E-state index in [2.05, 4.69) is 10.2 Å². The first kappa shape index (κ1) is 13.8. The average molecular weight is 256 g/mol. The van der Waals surface area contributed by atoms with E-state index in [1.54, 1.807) is 0 Å². The van der Waals surface area contributed by atoms with Crippen LogP contribution in [0.4, 0.5) is 0 Å². The van der Waals surface area contributed by atoms with E-state index >= 15 is 0 Å². The number of piperazine rings is 1. The van der Waals surface area contributed by atoms with Crippen molar-refractivity contribution in [2.24, 2.45) is 0 Å². The topological polar surface area (TPSA) is 50.8 Å². The van der Waals surface area contributed by atoms with E-state index < -0.39 is 5.54 Å². The largest absolute Gasteiger partial charge is 0.468 e. The monoisotopic (exact) mass is 256 g/mol. The van der Waals surface area contributed by atoms with Gasteiger partial charge in [0.15, 0.2) is 0 Å². The smallest absolute Gasteiger partial charge is 0.326 e. The Bertz CT molecular complexity index is 313.